The molecule has 7 nitrogen and oxygen atoms in total. The molecule has 2 amide bonds. The number of rotatable bonds is 5. The largest absolute Gasteiger partial charge is 0.457 e. The molecule has 0 spiro atoms. The number of nitrogens with one attached hydrogen (secondary N) is 2. The first-order valence-corrected chi connectivity index (χ1v) is 11.1. The van der Waals surface area contributed by atoms with Gasteiger partial charge in [-0.05, 0) is 66.8 Å². The van der Waals surface area contributed by atoms with E-state index in [0.717, 1.165) is 29.3 Å². The predicted molar refractivity (Wildman–Crippen MR) is 124 cm³/mol. The maximum absolute atomic E-state index is 13.1. The summed E-state index contributed by atoms with van der Waals surface area (Å²) in [4.78, 5) is 28.7. The molecular formula is C26H21F3N4O3. The number of carbonyl (C=O) groups excluding carboxylic acids is 2. The highest BCUT2D eigenvalue weighted by Crippen LogP contribution is 2.34. The van der Waals surface area contributed by atoms with Crippen molar-refractivity contribution in [3.8, 4) is 17.6 Å². The van der Waals surface area contributed by atoms with Crippen molar-refractivity contribution in [3.05, 3.63) is 82.7 Å². The molecule has 10 heteroatoms. The highest BCUT2D eigenvalue weighted by Gasteiger charge is 2.32. The number of hydrogen-bond donors (Lipinski definition) is 2. The van der Waals surface area contributed by atoms with Crippen LogP contribution in [0.4, 0.5) is 18.9 Å². The normalized spacial score (nSPS) is 14.8. The van der Waals surface area contributed by atoms with Gasteiger partial charge in [0.25, 0.3) is 5.91 Å². The van der Waals surface area contributed by atoms with Crippen molar-refractivity contribution in [2.75, 3.05) is 12.4 Å². The number of aromatic nitrogens is 1. The van der Waals surface area contributed by atoms with Crippen LogP contribution in [-0.4, -0.2) is 23.8 Å². The van der Waals surface area contributed by atoms with Gasteiger partial charge in [-0.1, -0.05) is 6.07 Å². The Balaban J connectivity index is 1.50. The van der Waals surface area contributed by atoms with Crippen molar-refractivity contribution < 1.29 is 27.5 Å². The third kappa shape index (κ3) is 5.46. The number of ether oxygens (including phenoxy) is 1. The number of pyridine rings is 1. The Morgan fingerprint density at radius 2 is 1.86 bits per heavy atom. The molecule has 1 aliphatic rings. The van der Waals surface area contributed by atoms with E-state index in [-0.39, 0.29) is 22.9 Å². The topological polar surface area (TPSA) is 104 Å². The van der Waals surface area contributed by atoms with E-state index in [2.05, 4.69) is 15.6 Å². The van der Waals surface area contributed by atoms with E-state index in [1.807, 2.05) is 12.1 Å². The molecule has 0 saturated heterocycles. The maximum atomic E-state index is 13.1. The van der Waals surface area contributed by atoms with Gasteiger partial charge in [0.2, 0.25) is 5.91 Å². The van der Waals surface area contributed by atoms with E-state index >= 15 is 0 Å². The second kappa shape index (κ2) is 10.1. The average Bonchev–Trinajstić information content (AvgIpc) is 2.87. The van der Waals surface area contributed by atoms with E-state index in [0.29, 0.717) is 30.8 Å². The number of nitriles is 1. The summed E-state index contributed by atoms with van der Waals surface area (Å²) in [5.74, 6) is -0.363. The molecule has 0 radical (unpaired) electrons. The summed E-state index contributed by atoms with van der Waals surface area (Å²) in [5, 5.41) is 14.3. The number of fused-ring (bicyclic) bond motifs is 1. The first-order valence-electron chi connectivity index (χ1n) is 11.1. The molecule has 1 aromatic heterocycles. The summed E-state index contributed by atoms with van der Waals surface area (Å²) < 4.78 is 45.2. The van der Waals surface area contributed by atoms with Crippen LogP contribution in [0.25, 0.3) is 0 Å². The third-order valence-corrected chi connectivity index (χ3v) is 5.93. The number of benzene rings is 2. The molecule has 0 bridgehead atoms. The Hall–Kier alpha value is -4.39. The van der Waals surface area contributed by atoms with Gasteiger partial charge >= 0.3 is 6.18 Å². The first-order chi connectivity index (χ1) is 17.2. The maximum Gasteiger partial charge on any atom is 0.416 e. The number of carbonyl (C=O) groups is 2. The molecule has 3 aromatic rings. The highest BCUT2D eigenvalue weighted by molar-refractivity contribution is 5.94. The third-order valence-electron chi connectivity index (χ3n) is 5.93. The first kappa shape index (κ1) is 24.7. The molecule has 184 valence electrons. The van der Waals surface area contributed by atoms with Gasteiger partial charge in [0.05, 0.1) is 16.8 Å². The average molecular weight is 494 g/mol. The minimum atomic E-state index is -4.59. The molecule has 0 saturated carbocycles. The van der Waals surface area contributed by atoms with E-state index in [1.165, 1.54) is 19.3 Å². The Kier molecular flexibility index (Phi) is 6.92. The summed E-state index contributed by atoms with van der Waals surface area (Å²) in [6, 6.07) is 13.1. The fourth-order valence-corrected chi connectivity index (χ4v) is 4.04. The molecule has 36 heavy (non-hydrogen) atoms. The zero-order chi connectivity index (χ0) is 25.9. The Labute approximate surface area is 204 Å². The highest BCUT2D eigenvalue weighted by atomic mass is 19.4. The Morgan fingerprint density at radius 3 is 2.58 bits per heavy atom. The van der Waals surface area contributed by atoms with Gasteiger partial charge in [0.1, 0.15) is 23.3 Å². The fraction of sp³-hybridized carbons (Fsp3) is 0.231. The number of aryl methyl sites for hydroxylation is 1. The second-order valence-electron chi connectivity index (χ2n) is 8.29. The smallest absolute Gasteiger partial charge is 0.416 e. The molecule has 2 aromatic carbocycles. The van der Waals surface area contributed by atoms with E-state index in [9.17, 15) is 28.0 Å². The molecule has 0 fully saturated rings. The summed E-state index contributed by atoms with van der Waals surface area (Å²) >= 11 is 0. The number of nitrogens with zero attached hydrogens (tertiary/aromatic N) is 2. The van der Waals surface area contributed by atoms with Crippen LogP contribution in [-0.2, 0) is 23.8 Å². The van der Waals surface area contributed by atoms with Gasteiger partial charge in [-0.15, -0.1) is 0 Å². The van der Waals surface area contributed by atoms with Crippen molar-refractivity contribution in [2.45, 2.75) is 25.4 Å². The quantitative estimate of drug-likeness (QED) is 0.527. The van der Waals surface area contributed by atoms with Crippen LogP contribution in [0.2, 0.25) is 0 Å². The molecule has 0 aliphatic heterocycles. The SMILES string of the molecule is CNC(=O)c1cc(Oc2ccc3c(c2)CC(C(=O)Nc2cc(C(F)(F)F)ccc2C#N)CC3)ccn1. The predicted octanol–water partition coefficient (Wildman–Crippen LogP) is 4.87. The molecular weight excluding hydrogens is 473 g/mol. The molecule has 1 atom stereocenters. The summed E-state index contributed by atoms with van der Waals surface area (Å²) in [7, 11) is 1.50. The van der Waals surface area contributed by atoms with Gasteiger partial charge in [-0.2, -0.15) is 18.4 Å². The van der Waals surface area contributed by atoms with Crippen LogP contribution in [0.5, 0.6) is 11.5 Å². The van der Waals surface area contributed by atoms with Crippen molar-refractivity contribution in [3.63, 3.8) is 0 Å². The summed E-state index contributed by atoms with van der Waals surface area (Å²) in [6.45, 7) is 0. The van der Waals surface area contributed by atoms with Gasteiger partial charge in [-0.25, -0.2) is 0 Å². The zero-order valence-corrected chi connectivity index (χ0v) is 19.1. The second-order valence-corrected chi connectivity index (χ2v) is 8.29. The number of anilines is 1. The molecule has 2 N–H and O–H groups in total. The van der Waals surface area contributed by atoms with Crippen LogP contribution in [0.1, 0.15) is 39.2 Å². The van der Waals surface area contributed by atoms with Crippen LogP contribution < -0.4 is 15.4 Å². The van der Waals surface area contributed by atoms with Crippen molar-refractivity contribution in [1.29, 1.82) is 5.26 Å². The zero-order valence-electron chi connectivity index (χ0n) is 19.1. The molecule has 1 aliphatic carbocycles. The molecule has 4 rings (SSSR count). The lowest BCUT2D eigenvalue weighted by atomic mass is 9.83. The van der Waals surface area contributed by atoms with Crippen LogP contribution in [0.3, 0.4) is 0 Å². The van der Waals surface area contributed by atoms with Gasteiger partial charge in [-0.3, -0.25) is 14.6 Å². The molecule has 1 heterocycles. The lowest BCUT2D eigenvalue weighted by Crippen LogP contribution is -2.28. The van der Waals surface area contributed by atoms with Gasteiger partial charge < -0.3 is 15.4 Å². The fourth-order valence-electron chi connectivity index (χ4n) is 4.04. The minimum Gasteiger partial charge on any atom is -0.457 e. The Morgan fingerprint density at radius 1 is 1.08 bits per heavy atom. The monoisotopic (exact) mass is 494 g/mol. The van der Waals surface area contributed by atoms with Crippen molar-refractivity contribution >= 4 is 17.5 Å². The lowest BCUT2D eigenvalue weighted by molar-refractivity contribution is -0.137. The van der Waals surface area contributed by atoms with Crippen LogP contribution >= 0.6 is 0 Å². The van der Waals surface area contributed by atoms with Crippen LogP contribution in [0.15, 0.2) is 54.7 Å². The van der Waals surface area contributed by atoms with Crippen molar-refractivity contribution in [1.82, 2.24) is 10.3 Å². The standard InChI is InChI=1S/C26H21F3N4O3/c1-31-25(35)23-13-21(8-9-32-23)36-20-7-5-15-2-3-16(10-18(15)11-20)24(34)33-22-12-19(26(27,28)29)6-4-17(22)14-30/h4-9,11-13,16H,2-3,10H2,1H3,(H,31,35)(H,33,34). The number of amides is 2. The lowest BCUT2D eigenvalue weighted by Gasteiger charge is -2.25. The van der Waals surface area contributed by atoms with Crippen molar-refractivity contribution in [2.24, 2.45) is 5.92 Å². The van der Waals surface area contributed by atoms with Gasteiger partial charge in [0, 0.05) is 25.2 Å². The summed E-state index contributed by atoms with van der Waals surface area (Å²) in [5.41, 5.74) is 0.980. The van der Waals surface area contributed by atoms with E-state index in [4.69, 9.17) is 4.74 Å². The van der Waals surface area contributed by atoms with Gasteiger partial charge in [0.15, 0.2) is 0 Å². The summed E-state index contributed by atoms with van der Waals surface area (Å²) in [6.07, 6.45) is -1.65. The number of hydrogen-bond acceptors (Lipinski definition) is 5. The van der Waals surface area contributed by atoms with E-state index in [1.54, 1.807) is 18.2 Å². The van der Waals surface area contributed by atoms with Crippen LogP contribution in [0, 0.1) is 17.2 Å². The Bertz CT molecular complexity index is 1370. The van der Waals surface area contributed by atoms with E-state index < -0.39 is 23.6 Å². The number of alkyl halides is 3. The number of halogens is 3. The molecule has 1 unspecified atom stereocenters. The minimum absolute atomic E-state index is 0.0447.